The third-order valence-corrected chi connectivity index (χ3v) is 5.11. The van der Waals surface area contributed by atoms with E-state index in [2.05, 4.69) is 4.98 Å². The average Bonchev–Trinajstić information content (AvgIpc) is 2.86. The number of carbonyl (C=O) groups is 1. The van der Waals surface area contributed by atoms with E-state index in [1.807, 2.05) is 0 Å². The number of aromatic nitrogens is 1. The summed E-state index contributed by atoms with van der Waals surface area (Å²) in [5.74, 6) is -0.0147. The molecule has 1 heterocycles. The summed E-state index contributed by atoms with van der Waals surface area (Å²) >= 11 is 0. The highest BCUT2D eigenvalue weighted by atomic mass is 19.4. The Bertz CT molecular complexity index is 1160. The van der Waals surface area contributed by atoms with Crippen LogP contribution >= 0.6 is 0 Å². The Morgan fingerprint density at radius 3 is 2.00 bits per heavy atom. The molecule has 0 N–H and O–H groups in total. The summed E-state index contributed by atoms with van der Waals surface area (Å²) in [6, 6.07) is 12.6. The topological polar surface area (TPSA) is 76.1 Å². The molecular weight excluding hydrogens is 467 g/mol. The second-order valence-corrected chi connectivity index (χ2v) is 7.29. The standard InChI is InChI=1S/C25H24F3NO6/c1-31-19-12-15(13-20(32-2)21(19)33-3)10-11-16-14-18(23(34-4)29-22(16)25(26,27)28)24(30)35-17-8-6-5-7-9-17/h5-9,12-14H,10-11H2,1-4H3. The summed E-state index contributed by atoms with van der Waals surface area (Å²) in [6.45, 7) is 0. The number of nitrogens with zero attached hydrogens (tertiary/aromatic N) is 1. The van der Waals surface area contributed by atoms with Gasteiger partial charge in [-0.3, -0.25) is 0 Å². The normalized spacial score (nSPS) is 11.1. The van der Waals surface area contributed by atoms with E-state index in [1.165, 1.54) is 21.3 Å². The van der Waals surface area contributed by atoms with Crippen LogP contribution in [0.15, 0.2) is 48.5 Å². The molecule has 0 amide bonds. The quantitative estimate of drug-likeness (QED) is 0.303. The molecule has 0 aliphatic heterocycles. The van der Waals surface area contributed by atoms with Crippen molar-refractivity contribution in [1.82, 2.24) is 4.98 Å². The maximum absolute atomic E-state index is 13.8. The molecule has 0 bridgehead atoms. The van der Waals surface area contributed by atoms with Crippen molar-refractivity contribution >= 4 is 5.97 Å². The smallest absolute Gasteiger partial charge is 0.433 e. The summed E-state index contributed by atoms with van der Waals surface area (Å²) in [6.07, 6.45) is -4.68. The Morgan fingerprint density at radius 2 is 1.49 bits per heavy atom. The molecule has 0 aliphatic rings. The van der Waals surface area contributed by atoms with Gasteiger partial charge in [0.25, 0.3) is 0 Å². The number of carbonyl (C=O) groups excluding carboxylic acids is 1. The first kappa shape index (κ1) is 25.7. The van der Waals surface area contributed by atoms with Gasteiger partial charge in [-0.15, -0.1) is 0 Å². The molecule has 0 saturated heterocycles. The van der Waals surface area contributed by atoms with Gasteiger partial charge in [0.15, 0.2) is 17.2 Å². The number of para-hydroxylation sites is 1. The van der Waals surface area contributed by atoms with Crippen LogP contribution in [0, 0.1) is 0 Å². The van der Waals surface area contributed by atoms with E-state index < -0.39 is 23.7 Å². The van der Waals surface area contributed by atoms with Gasteiger partial charge in [0.1, 0.15) is 11.3 Å². The van der Waals surface area contributed by atoms with Gasteiger partial charge in [0.2, 0.25) is 11.6 Å². The lowest BCUT2D eigenvalue weighted by molar-refractivity contribution is -0.142. The van der Waals surface area contributed by atoms with Crippen LogP contribution in [0.5, 0.6) is 28.9 Å². The van der Waals surface area contributed by atoms with Crippen molar-refractivity contribution < 1.29 is 41.7 Å². The Kier molecular flexibility index (Phi) is 8.06. The second kappa shape index (κ2) is 11.0. The highest BCUT2D eigenvalue weighted by molar-refractivity contribution is 5.93. The molecule has 186 valence electrons. The first-order valence-electron chi connectivity index (χ1n) is 10.4. The maximum Gasteiger partial charge on any atom is 0.433 e. The Hall–Kier alpha value is -3.95. The lowest BCUT2D eigenvalue weighted by Gasteiger charge is -2.17. The molecule has 7 nitrogen and oxygen atoms in total. The van der Waals surface area contributed by atoms with Gasteiger partial charge >= 0.3 is 12.1 Å². The average molecular weight is 491 g/mol. The van der Waals surface area contributed by atoms with Gasteiger partial charge in [-0.05, 0) is 54.3 Å². The summed E-state index contributed by atoms with van der Waals surface area (Å²) in [7, 11) is 5.48. The number of hydrogen-bond acceptors (Lipinski definition) is 7. The van der Waals surface area contributed by atoms with Crippen molar-refractivity contribution in [2.45, 2.75) is 19.0 Å². The van der Waals surface area contributed by atoms with Gasteiger partial charge < -0.3 is 23.7 Å². The number of pyridine rings is 1. The van der Waals surface area contributed by atoms with E-state index in [4.69, 9.17) is 23.7 Å². The second-order valence-electron chi connectivity index (χ2n) is 7.29. The zero-order chi connectivity index (χ0) is 25.6. The number of aryl methyl sites for hydroxylation is 2. The predicted octanol–water partition coefficient (Wildman–Crippen LogP) is 5.14. The first-order valence-corrected chi connectivity index (χ1v) is 10.4. The fraction of sp³-hybridized carbons (Fsp3) is 0.280. The van der Waals surface area contributed by atoms with Crippen LogP contribution in [0.1, 0.15) is 27.2 Å². The Morgan fingerprint density at radius 1 is 0.857 bits per heavy atom. The van der Waals surface area contributed by atoms with Gasteiger partial charge in [0.05, 0.1) is 28.4 Å². The number of rotatable bonds is 9. The van der Waals surface area contributed by atoms with E-state index in [-0.39, 0.29) is 29.7 Å². The summed E-state index contributed by atoms with van der Waals surface area (Å²) in [5.41, 5.74) is -0.911. The lowest BCUT2D eigenvalue weighted by Crippen LogP contribution is -2.18. The lowest BCUT2D eigenvalue weighted by atomic mass is 10.0. The van der Waals surface area contributed by atoms with Gasteiger partial charge in [-0.25, -0.2) is 9.78 Å². The van der Waals surface area contributed by atoms with Crippen LogP contribution in [0.25, 0.3) is 0 Å². The predicted molar refractivity (Wildman–Crippen MR) is 121 cm³/mol. The van der Waals surface area contributed by atoms with Crippen molar-refractivity contribution in [2.24, 2.45) is 0 Å². The zero-order valence-electron chi connectivity index (χ0n) is 19.6. The SMILES string of the molecule is COc1cc(CCc2cc(C(=O)Oc3ccccc3)c(OC)nc2C(F)(F)F)cc(OC)c1OC. The van der Waals surface area contributed by atoms with E-state index in [0.29, 0.717) is 22.8 Å². The number of esters is 1. The summed E-state index contributed by atoms with van der Waals surface area (Å²) in [5, 5.41) is 0. The Balaban J connectivity index is 1.99. The molecule has 3 aromatic rings. The van der Waals surface area contributed by atoms with Crippen molar-refractivity contribution in [3.05, 3.63) is 70.9 Å². The molecule has 1 aromatic heterocycles. The number of alkyl halides is 3. The largest absolute Gasteiger partial charge is 0.493 e. The third-order valence-electron chi connectivity index (χ3n) is 5.11. The summed E-state index contributed by atoms with van der Waals surface area (Å²) < 4.78 is 67.6. The van der Waals surface area contributed by atoms with E-state index in [9.17, 15) is 18.0 Å². The van der Waals surface area contributed by atoms with E-state index in [1.54, 1.807) is 42.5 Å². The highest BCUT2D eigenvalue weighted by Gasteiger charge is 2.37. The minimum Gasteiger partial charge on any atom is -0.493 e. The molecule has 0 radical (unpaired) electrons. The molecule has 3 rings (SSSR count). The fourth-order valence-electron chi connectivity index (χ4n) is 3.49. The van der Waals surface area contributed by atoms with Crippen molar-refractivity contribution in [3.63, 3.8) is 0 Å². The highest BCUT2D eigenvalue weighted by Crippen LogP contribution is 2.39. The number of ether oxygens (including phenoxy) is 5. The van der Waals surface area contributed by atoms with Crippen LogP contribution < -0.4 is 23.7 Å². The number of benzene rings is 2. The maximum atomic E-state index is 13.8. The van der Waals surface area contributed by atoms with Crippen molar-refractivity contribution in [3.8, 4) is 28.9 Å². The van der Waals surface area contributed by atoms with Crippen molar-refractivity contribution in [2.75, 3.05) is 28.4 Å². The van der Waals surface area contributed by atoms with Gasteiger partial charge in [-0.1, -0.05) is 18.2 Å². The van der Waals surface area contributed by atoms with Gasteiger partial charge in [0, 0.05) is 0 Å². The molecule has 0 saturated carbocycles. The zero-order valence-corrected chi connectivity index (χ0v) is 19.6. The van der Waals surface area contributed by atoms with Crippen LogP contribution in [-0.2, 0) is 19.0 Å². The molecule has 0 unspecified atom stereocenters. The molecule has 0 fully saturated rings. The first-order chi connectivity index (χ1) is 16.7. The molecule has 35 heavy (non-hydrogen) atoms. The Labute approximate surface area is 200 Å². The monoisotopic (exact) mass is 491 g/mol. The van der Waals surface area contributed by atoms with Crippen molar-refractivity contribution in [1.29, 1.82) is 0 Å². The molecule has 0 spiro atoms. The summed E-state index contributed by atoms with van der Waals surface area (Å²) in [4.78, 5) is 16.4. The number of halogens is 3. The minimum atomic E-state index is -4.76. The van der Waals surface area contributed by atoms with Crippen LogP contribution in [0.4, 0.5) is 13.2 Å². The number of methoxy groups -OCH3 is 4. The molecule has 10 heteroatoms. The molecule has 0 aliphatic carbocycles. The molecular formula is C25H24F3NO6. The van der Waals surface area contributed by atoms with E-state index >= 15 is 0 Å². The number of hydrogen-bond donors (Lipinski definition) is 0. The van der Waals surface area contributed by atoms with Crippen LogP contribution in [-0.4, -0.2) is 39.4 Å². The minimum absolute atomic E-state index is 0.0872. The van der Waals surface area contributed by atoms with E-state index in [0.717, 1.165) is 13.2 Å². The van der Waals surface area contributed by atoms with Crippen LogP contribution in [0.2, 0.25) is 0 Å². The molecule has 2 aromatic carbocycles. The fourth-order valence-corrected chi connectivity index (χ4v) is 3.49. The third kappa shape index (κ3) is 5.95. The van der Waals surface area contributed by atoms with Crippen LogP contribution in [0.3, 0.4) is 0 Å². The molecule has 0 atom stereocenters. The van der Waals surface area contributed by atoms with Gasteiger partial charge in [-0.2, -0.15) is 13.2 Å².